The lowest BCUT2D eigenvalue weighted by Crippen LogP contribution is -2.40. The Balaban J connectivity index is 3.70. The van der Waals surface area contributed by atoms with Gasteiger partial charge >= 0.3 is 0 Å². The molecule has 0 aliphatic carbocycles. The summed E-state index contributed by atoms with van der Waals surface area (Å²) in [5.41, 5.74) is 0. The van der Waals surface area contributed by atoms with Crippen LogP contribution in [0, 0.1) is 0 Å². The molecular formula is C12H29N3. The van der Waals surface area contributed by atoms with E-state index in [9.17, 15) is 0 Å². The molecule has 1 atom stereocenters. The molecule has 0 spiro atoms. The Morgan fingerprint density at radius 3 is 2.33 bits per heavy atom. The molecule has 0 radical (unpaired) electrons. The second-order valence-electron chi connectivity index (χ2n) is 4.55. The van der Waals surface area contributed by atoms with Crippen LogP contribution in [0.5, 0.6) is 0 Å². The first-order valence-electron chi connectivity index (χ1n) is 6.15. The normalized spacial score (nSPS) is 13.8. The van der Waals surface area contributed by atoms with Crippen molar-refractivity contribution in [2.75, 3.05) is 47.3 Å². The van der Waals surface area contributed by atoms with Crippen LogP contribution in [0.3, 0.4) is 0 Å². The Bertz CT molecular complexity index is 137. The van der Waals surface area contributed by atoms with Crippen molar-refractivity contribution in [2.24, 2.45) is 0 Å². The highest BCUT2D eigenvalue weighted by molar-refractivity contribution is 4.68. The van der Waals surface area contributed by atoms with Gasteiger partial charge in [0.1, 0.15) is 0 Å². The number of rotatable bonds is 9. The number of hydrogen-bond acceptors (Lipinski definition) is 3. The Hall–Kier alpha value is -0.120. The third-order valence-electron chi connectivity index (χ3n) is 2.78. The van der Waals surface area contributed by atoms with Gasteiger partial charge in [0, 0.05) is 12.6 Å². The van der Waals surface area contributed by atoms with Crippen molar-refractivity contribution in [1.82, 2.24) is 15.1 Å². The van der Waals surface area contributed by atoms with Crippen LogP contribution in [-0.4, -0.2) is 63.2 Å². The summed E-state index contributed by atoms with van der Waals surface area (Å²) in [6, 6.07) is 0.666. The molecule has 0 fully saturated rings. The molecule has 3 heteroatoms. The molecule has 0 saturated heterocycles. The monoisotopic (exact) mass is 215 g/mol. The van der Waals surface area contributed by atoms with E-state index in [1.165, 1.54) is 19.4 Å². The van der Waals surface area contributed by atoms with Gasteiger partial charge in [0.05, 0.1) is 0 Å². The summed E-state index contributed by atoms with van der Waals surface area (Å²) in [6.07, 6.45) is 2.58. The van der Waals surface area contributed by atoms with Gasteiger partial charge in [-0.2, -0.15) is 0 Å². The zero-order valence-corrected chi connectivity index (χ0v) is 11.2. The maximum absolute atomic E-state index is 3.19. The van der Waals surface area contributed by atoms with Crippen molar-refractivity contribution in [3.05, 3.63) is 0 Å². The maximum atomic E-state index is 3.19. The molecule has 0 amide bonds. The summed E-state index contributed by atoms with van der Waals surface area (Å²) >= 11 is 0. The second-order valence-corrected chi connectivity index (χ2v) is 4.55. The molecule has 0 aromatic rings. The third kappa shape index (κ3) is 7.77. The molecule has 0 aliphatic heterocycles. The fourth-order valence-electron chi connectivity index (χ4n) is 1.95. The third-order valence-corrected chi connectivity index (χ3v) is 2.78. The number of nitrogens with one attached hydrogen (secondary N) is 1. The predicted molar refractivity (Wildman–Crippen MR) is 68.4 cm³/mol. The summed E-state index contributed by atoms with van der Waals surface area (Å²) < 4.78 is 0. The van der Waals surface area contributed by atoms with E-state index in [-0.39, 0.29) is 0 Å². The second kappa shape index (κ2) is 9.13. The predicted octanol–water partition coefficient (Wildman–Crippen LogP) is 1.26. The Morgan fingerprint density at radius 2 is 1.87 bits per heavy atom. The van der Waals surface area contributed by atoms with Crippen molar-refractivity contribution in [2.45, 2.75) is 32.7 Å². The molecule has 1 N–H and O–H groups in total. The molecule has 0 aromatic carbocycles. The first-order valence-corrected chi connectivity index (χ1v) is 6.15. The van der Waals surface area contributed by atoms with Crippen LogP contribution in [0.25, 0.3) is 0 Å². The lowest BCUT2D eigenvalue weighted by atomic mass is 10.2. The average Bonchev–Trinajstić information content (AvgIpc) is 2.16. The molecule has 15 heavy (non-hydrogen) atoms. The zero-order chi connectivity index (χ0) is 11.7. The van der Waals surface area contributed by atoms with Gasteiger partial charge in [-0.1, -0.05) is 6.92 Å². The quantitative estimate of drug-likeness (QED) is 0.584. The summed E-state index contributed by atoms with van der Waals surface area (Å²) in [7, 11) is 6.31. The van der Waals surface area contributed by atoms with Crippen molar-refractivity contribution < 1.29 is 0 Å². The largest absolute Gasteiger partial charge is 0.320 e. The van der Waals surface area contributed by atoms with E-state index < -0.39 is 0 Å². The molecule has 0 aromatic heterocycles. The summed E-state index contributed by atoms with van der Waals surface area (Å²) in [5.74, 6) is 0. The van der Waals surface area contributed by atoms with Gasteiger partial charge < -0.3 is 10.2 Å². The Morgan fingerprint density at radius 1 is 1.20 bits per heavy atom. The van der Waals surface area contributed by atoms with Gasteiger partial charge in [0.25, 0.3) is 0 Å². The van der Waals surface area contributed by atoms with Crippen molar-refractivity contribution >= 4 is 0 Å². The van der Waals surface area contributed by atoms with E-state index >= 15 is 0 Å². The lowest BCUT2D eigenvalue weighted by Gasteiger charge is -2.29. The molecule has 1 unspecified atom stereocenters. The van der Waals surface area contributed by atoms with E-state index in [0.29, 0.717) is 6.04 Å². The first-order chi connectivity index (χ1) is 7.11. The highest BCUT2D eigenvalue weighted by atomic mass is 15.2. The minimum Gasteiger partial charge on any atom is -0.320 e. The van der Waals surface area contributed by atoms with E-state index in [4.69, 9.17) is 0 Å². The molecule has 0 rings (SSSR count). The van der Waals surface area contributed by atoms with Crippen LogP contribution in [0.15, 0.2) is 0 Å². The first kappa shape index (κ1) is 14.9. The molecule has 0 heterocycles. The van der Waals surface area contributed by atoms with Crippen LogP contribution < -0.4 is 5.32 Å². The standard InChI is InChI=1S/C12H29N3/c1-6-15(10-8-7-9-13-3)12(2)11-14(4)5/h12-13H,6-11H2,1-5H3. The summed E-state index contributed by atoms with van der Waals surface area (Å²) in [4.78, 5) is 4.83. The van der Waals surface area contributed by atoms with Crippen LogP contribution in [0.2, 0.25) is 0 Å². The van der Waals surface area contributed by atoms with Crippen LogP contribution in [0.1, 0.15) is 26.7 Å². The Kier molecular flexibility index (Phi) is 9.06. The number of unbranched alkanes of at least 4 members (excludes halogenated alkanes) is 1. The van der Waals surface area contributed by atoms with E-state index in [2.05, 4.69) is 43.1 Å². The fourth-order valence-corrected chi connectivity index (χ4v) is 1.95. The summed E-state index contributed by atoms with van der Waals surface area (Å²) in [6.45, 7) is 9.26. The zero-order valence-electron chi connectivity index (χ0n) is 11.2. The van der Waals surface area contributed by atoms with E-state index in [1.54, 1.807) is 0 Å². The number of hydrogen-bond donors (Lipinski definition) is 1. The smallest absolute Gasteiger partial charge is 0.0194 e. The average molecular weight is 215 g/mol. The number of likely N-dealkylation sites (N-methyl/N-ethyl adjacent to an activating group) is 2. The van der Waals surface area contributed by atoms with E-state index in [1.807, 2.05) is 7.05 Å². The molecular weight excluding hydrogens is 186 g/mol. The van der Waals surface area contributed by atoms with Crippen molar-refractivity contribution in [1.29, 1.82) is 0 Å². The highest BCUT2D eigenvalue weighted by Crippen LogP contribution is 2.02. The van der Waals surface area contributed by atoms with Crippen LogP contribution in [-0.2, 0) is 0 Å². The van der Waals surface area contributed by atoms with Crippen LogP contribution in [0.4, 0.5) is 0 Å². The SMILES string of the molecule is CCN(CCCCNC)C(C)CN(C)C. The fraction of sp³-hybridized carbons (Fsp3) is 1.00. The minimum absolute atomic E-state index is 0.666. The van der Waals surface area contributed by atoms with Gasteiger partial charge in [-0.15, -0.1) is 0 Å². The van der Waals surface area contributed by atoms with Gasteiger partial charge in [-0.25, -0.2) is 0 Å². The molecule has 0 aliphatic rings. The van der Waals surface area contributed by atoms with Gasteiger partial charge in [-0.3, -0.25) is 4.90 Å². The summed E-state index contributed by atoms with van der Waals surface area (Å²) in [5, 5.41) is 3.19. The van der Waals surface area contributed by atoms with Gasteiger partial charge in [-0.05, 0) is 60.5 Å². The van der Waals surface area contributed by atoms with Crippen molar-refractivity contribution in [3.63, 3.8) is 0 Å². The minimum atomic E-state index is 0.666. The molecule has 92 valence electrons. The van der Waals surface area contributed by atoms with E-state index in [0.717, 1.165) is 19.6 Å². The Labute approximate surface area is 95.8 Å². The maximum Gasteiger partial charge on any atom is 0.0194 e. The van der Waals surface area contributed by atoms with Gasteiger partial charge in [0.2, 0.25) is 0 Å². The molecule has 0 saturated carbocycles. The highest BCUT2D eigenvalue weighted by Gasteiger charge is 2.11. The van der Waals surface area contributed by atoms with Crippen LogP contribution >= 0.6 is 0 Å². The topological polar surface area (TPSA) is 18.5 Å². The lowest BCUT2D eigenvalue weighted by molar-refractivity contribution is 0.179. The van der Waals surface area contributed by atoms with Gasteiger partial charge in [0.15, 0.2) is 0 Å². The van der Waals surface area contributed by atoms with Crippen molar-refractivity contribution in [3.8, 4) is 0 Å². The molecule has 0 bridgehead atoms. The molecule has 3 nitrogen and oxygen atoms in total. The number of nitrogens with zero attached hydrogens (tertiary/aromatic N) is 2.